The highest BCUT2D eigenvalue weighted by atomic mass is 32.2. The Balaban J connectivity index is 1.98. The van der Waals surface area contributed by atoms with Gasteiger partial charge in [0.1, 0.15) is 0 Å². The Labute approximate surface area is 111 Å². The highest BCUT2D eigenvalue weighted by molar-refractivity contribution is 8.00. The summed E-state index contributed by atoms with van der Waals surface area (Å²) in [6.45, 7) is 2.17. The summed E-state index contributed by atoms with van der Waals surface area (Å²) in [6, 6.07) is 10.0. The first kappa shape index (κ1) is 12.0. The maximum Gasteiger partial charge on any atom is 0.0934 e. The lowest BCUT2D eigenvalue weighted by Crippen LogP contribution is -2.26. The molecule has 2 unspecified atom stereocenters. The number of nitrogens with zero attached hydrogens (tertiary/aromatic N) is 1. The number of aromatic nitrogens is 1. The lowest BCUT2D eigenvalue weighted by molar-refractivity contribution is 0.135. The summed E-state index contributed by atoms with van der Waals surface area (Å²) in [6.07, 6.45) is 3.69. The molecule has 0 saturated carbocycles. The summed E-state index contributed by atoms with van der Waals surface area (Å²) in [5, 5.41) is 11.7. The predicted octanol–water partition coefficient (Wildman–Crippen LogP) is 3.55. The molecule has 1 N–H and O–H groups in total. The molecule has 3 rings (SSSR count). The van der Waals surface area contributed by atoms with E-state index < -0.39 is 6.10 Å². The second-order valence-corrected chi connectivity index (χ2v) is 6.75. The van der Waals surface area contributed by atoms with E-state index in [1.165, 1.54) is 6.42 Å². The van der Waals surface area contributed by atoms with Gasteiger partial charge in [0.15, 0.2) is 0 Å². The van der Waals surface area contributed by atoms with Gasteiger partial charge in [0.2, 0.25) is 0 Å². The number of fused-ring (bicyclic) bond motifs is 1. The van der Waals surface area contributed by atoms with Crippen LogP contribution in [-0.4, -0.2) is 20.6 Å². The van der Waals surface area contributed by atoms with Gasteiger partial charge in [0, 0.05) is 16.3 Å². The van der Waals surface area contributed by atoms with Crippen LogP contribution < -0.4 is 0 Å². The molecule has 2 atom stereocenters. The average molecular weight is 259 g/mol. The van der Waals surface area contributed by atoms with E-state index in [-0.39, 0.29) is 4.75 Å². The van der Waals surface area contributed by atoms with Crippen LogP contribution in [0.25, 0.3) is 10.9 Å². The second kappa shape index (κ2) is 4.56. The minimum Gasteiger partial charge on any atom is -0.387 e. The number of benzene rings is 1. The normalized spacial score (nSPS) is 25.4. The number of hydrogen-bond donors (Lipinski definition) is 1. The van der Waals surface area contributed by atoms with Gasteiger partial charge in [0.05, 0.1) is 11.6 Å². The van der Waals surface area contributed by atoms with Gasteiger partial charge < -0.3 is 5.11 Å². The number of aliphatic hydroxyl groups is 1. The molecule has 1 fully saturated rings. The fourth-order valence-corrected chi connectivity index (χ4v) is 3.97. The Bertz CT molecular complexity index is 563. The van der Waals surface area contributed by atoms with E-state index in [1.807, 2.05) is 36.0 Å². The lowest BCUT2D eigenvalue weighted by atomic mass is 9.92. The summed E-state index contributed by atoms with van der Waals surface area (Å²) in [5.41, 5.74) is 1.99. The number of hydrogen-bond acceptors (Lipinski definition) is 3. The zero-order valence-corrected chi connectivity index (χ0v) is 11.3. The van der Waals surface area contributed by atoms with Crippen LogP contribution in [0.15, 0.2) is 36.5 Å². The maximum atomic E-state index is 10.6. The fraction of sp³-hybridized carbons (Fsp3) is 0.400. The summed E-state index contributed by atoms with van der Waals surface area (Å²) in [7, 11) is 0. The molecule has 1 aromatic heterocycles. The van der Waals surface area contributed by atoms with Gasteiger partial charge in [-0.25, -0.2) is 0 Å². The van der Waals surface area contributed by atoms with Gasteiger partial charge in [-0.15, -0.1) is 0 Å². The molecular formula is C15H17NOS. The minimum atomic E-state index is -0.394. The fourth-order valence-electron chi connectivity index (χ4n) is 2.63. The van der Waals surface area contributed by atoms with E-state index >= 15 is 0 Å². The Morgan fingerprint density at radius 1 is 1.39 bits per heavy atom. The third-order valence-corrected chi connectivity index (χ3v) is 5.35. The van der Waals surface area contributed by atoms with Gasteiger partial charge in [-0.05, 0) is 49.3 Å². The highest BCUT2D eigenvalue weighted by Gasteiger charge is 2.37. The van der Waals surface area contributed by atoms with Crippen molar-refractivity contribution in [1.82, 2.24) is 4.98 Å². The van der Waals surface area contributed by atoms with Crippen LogP contribution in [0, 0.1) is 0 Å². The molecule has 0 bridgehead atoms. The average Bonchev–Trinajstić information content (AvgIpc) is 2.85. The first-order chi connectivity index (χ1) is 8.69. The van der Waals surface area contributed by atoms with Gasteiger partial charge in [-0.3, -0.25) is 4.98 Å². The molecule has 1 aliphatic heterocycles. The molecule has 0 radical (unpaired) electrons. The third kappa shape index (κ3) is 2.02. The van der Waals surface area contributed by atoms with Crippen LogP contribution in [0.1, 0.15) is 31.4 Å². The van der Waals surface area contributed by atoms with E-state index in [1.54, 1.807) is 6.20 Å². The molecule has 2 nitrogen and oxygen atoms in total. The zero-order chi connectivity index (χ0) is 12.6. The van der Waals surface area contributed by atoms with Crippen molar-refractivity contribution in [3.63, 3.8) is 0 Å². The standard InChI is InChI=1S/C15H17NOS/c1-15(7-3-9-18-15)14(17)12-5-6-13-11(10-12)4-2-8-16-13/h2,4-6,8,10,14,17H,3,7,9H2,1H3. The molecule has 2 heterocycles. The predicted molar refractivity (Wildman–Crippen MR) is 76.8 cm³/mol. The Hall–Kier alpha value is -1.06. The second-order valence-electron chi connectivity index (χ2n) is 5.12. The van der Waals surface area contributed by atoms with E-state index in [2.05, 4.69) is 18.0 Å². The van der Waals surface area contributed by atoms with Crippen molar-refractivity contribution in [1.29, 1.82) is 0 Å². The van der Waals surface area contributed by atoms with Crippen LogP contribution in [0.4, 0.5) is 0 Å². The molecule has 1 saturated heterocycles. The van der Waals surface area contributed by atoms with E-state index in [0.29, 0.717) is 0 Å². The quantitative estimate of drug-likeness (QED) is 0.895. The van der Waals surface area contributed by atoms with Crippen molar-refractivity contribution in [2.75, 3.05) is 5.75 Å². The van der Waals surface area contributed by atoms with E-state index in [0.717, 1.165) is 28.6 Å². The molecular weight excluding hydrogens is 242 g/mol. The summed E-state index contributed by atoms with van der Waals surface area (Å²) < 4.78 is -0.0319. The summed E-state index contributed by atoms with van der Waals surface area (Å²) in [5.74, 6) is 1.16. The summed E-state index contributed by atoms with van der Waals surface area (Å²) in [4.78, 5) is 4.31. The van der Waals surface area contributed by atoms with Crippen molar-refractivity contribution in [2.45, 2.75) is 30.6 Å². The molecule has 0 spiro atoms. The summed E-state index contributed by atoms with van der Waals surface area (Å²) >= 11 is 1.89. The zero-order valence-electron chi connectivity index (χ0n) is 10.5. The number of thioether (sulfide) groups is 1. The Kier molecular flexibility index (Phi) is 3.04. The molecule has 1 aliphatic rings. The topological polar surface area (TPSA) is 33.1 Å². The maximum absolute atomic E-state index is 10.6. The van der Waals surface area contributed by atoms with Crippen LogP contribution in [0.3, 0.4) is 0 Å². The lowest BCUT2D eigenvalue weighted by Gasteiger charge is -2.29. The van der Waals surface area contributed by atoms with E-state index in [4.69, 9.17) is 0 Å². The first-order valence-electron chi connectivity index (χ1n) is 6.36. The highest BCUT2D eigenvalue weighted by Crippen LogP contribution is 2.46. The van der Waals surface area contributed by atoms with Gasteiger partial charge in [-0.1, -0.05) is 12.1 Å². The van der Waals surface area contributed by atoms with Crippen molar-refractivity contribution >= 4 is 22.7 Å². The molecule has 1 aromatic carbocycles. The van der Waals surface area contributed by atoms with Crippen LogP contribution in [0.5, 0.6) is 0 Å². The molecule has 0 amide bonds. The molecule has 18 heavy (non-hydrogen) atoms. The Morgan fingerprint density at radius 2 is 2.28 bits per heavy atom. The number of aliphatic hydroxyl groups excluding tert-OH is 1. The van der Waals surface area contributed by atoms with E-state index in [9.17, 15) is 5.11 Å². The molecule has 94 valence electrons. The monoisotopic (exact) mass is 259 g/mol. The van der Waals surface area contributed by atoms with Crippen molar-refractivity contribution in [3.8, 4) is 0 Å². The van der Waals surface area contributed by atoms with Crippen molar-refractivity contribution < 1.29 is 5.11 Å². The smallest absolute Gasteiger partial charge is 0.0934 e. The van der Waals surface area contributed by atoms with Crippen LogP contribution >= 0.6 is 11.8 Å². The van der Waals surface area contributed by atoms with Gasteiger partial charge in [-0.2, -0.15) is 11.8 Å². The number of pyridine rings is 1. The number of rotatable bonds is 2. The van der Waals surface area contributed by atoms with Crippen molar-refractivity contribution in [3.05, 3.63) is 42.1 Å². The van der Waals surface area contributed by atoms with Crippen molar-refractivity contribution in [2.24, 2.45) is 0 Å². The first-order valence-corrected chi connectivity index (χ1v) is 7.34. The van der Waals surface area contributed by atoms with Crippen LogP contribution in [0.2, 0.25) is 0 Å². The van der Waals surface area contributed by atoms with Gasteiger partial charge >= 0.3 is 0 Å². The Morgan fingerprint density at radius 3 is 3.06 bits per heavy atom. The molecule has 0 aliphatic carbocycles. The largest absolute Gasteiger partial charge is 0.387 e. The molecule has 2 aromatic rings. The third-order valence-electron chi connectivity index (χ3n) is 3.77. The minimum absolute atomic E-state index is 0.0319. The van der Waals surface area contributed by atoms with Crippen LogP contribution in [-0.2, 0) is 0 Å². The van der Waals surface area contributed by atoms with Gasteiger partial charge in [0.25, 0.3) is 0 Å². The molecule has 3 heteroatoms. The SMILES string of the molecule is CC1(C(O)c2ccc3ncccc3c2)CCCS1.